The molecule has 8 nitrogen and oxygen atoms in total. The summed E-state index contributed by atoms with van der Waals surface area (Å²) in [5, 5.41) is 14.3. The molecular formula is C21H20ClN5O3S. The van der Waals surface area contributed by atoms with Crippen molar-refractivity contribution in [2.24, 2.45) is 0 Å². The number of hydrogen-bond acceptors (Lipinski definition) is 6. The van der Waals surface area contributed by atoms with Gasteiger partial charge in [-0.3, -0.25) is 19.4 Å². The van der Waals surface area contributed by atoms with Gasteiger partial charge in [0.1, 0.15) is 0 Å². The Labute approximate surface area is 187 Å². The van der Waals surface area contributed by atoms with Crippen LogP contribution >= 0.6 is 23.4 Å². The molecule has 3 rings (SSSR count). The second-order valence-electron chi connectivity index (χ2n) is 6.84. The van der Waals surface area contributed by atoms with E-state index in [1.165, 1.54) is 6.92 Å². The standard InChI is InChI=1S/C21H20ClN5O3S/c1-11-7-12(2)18(23-13(3)28)16(8-11)19-20(30)25-21(27-26-19)31-10-17(29)24-15-6-4-5-14(22)9-15/h4-9H,10H2,1-3H3,(H,23,28)(H,24,29)(H,25,27,30). The van der Waals surface area contributed by atoms with Gasteiger partial charge in [0.15, 0.2) is 10.9 Å². The Hall–Kier alpha value is -3.17. The number of H-pyrrole nitrogens is 1. The number of benzene rings is 2. The first-order chi connectivity index (χ1) is 14.7. The van der Waals surface area contributed by atoms with E-state index in [0.717, 1.165) is 22.9 Å². The molecule has 1 heterocycles. The first-order valence-corrected chi connectivity index (χ1v) is 10.6. The molecule has 10 heteroatoms. The Kier molecular flexibility index (Phi) is 7.09. The Morgan fingerprint density at radius 2 is 1.90 bits per heavy atom. The number of aryl methyl sites for hydroxylation is 2. The van der Waals surface area contributed by atoms with Gasteiger partial charge in [-0.1, -0.05) is 41.1 Å². The normalized spacial score (nSPS) is 10.6. The number of hydrogen-bond donors (Lipinski definition) is 3. The zero-order chi connectivity index (χ0) is 22.5. The van der Waals surface area contributed by atoms with Crippen LogP contribution in [0.1, 0.15) is 18.1 Å². The van der Waals surface area contributed by atoms with Gasteiger partial charge in [-0.2, -0.15) is 0 Å². The summed E-state index contributed by atoms with van der Waals surface area (Å²) in [6.07, 6.45) is 0. The molecule has 1 aromatic heterocycles. The van der Waals surface area contributed by atoms with E-state index in [0.29, 0.717) is 22.0 Å². The predicted molar refractivity (Wildman–Crippen MR) is 123 cm³/mol. The third-order valence-electron chi connectivity index (χ3n) is 4.16. The van der Waals surface area contributed by atoms with E-state index in [-0.39, 0.29) is 28.4 Å². The van der Waals surface area contributed by atoms with Crippen molar-refractivity contribution < 1.29 is 9.59 Å². The Bertz CT molecular complexity index is 1210. The zero-order valence-corrected chi connectivity index (χ0v) is 18.6. The molecule has 0 saturated heterocycles. The average molecular weight is 458 g/mol. The molecule has 3 N–H and O–H groups in total. The Morgan fingerprint density at radius 3 is 2.58 bits per heavy atom. The molecule has 160 valence electrons. The zero-order valence-electron chi connectivity index (χ0n) is 17.1. The summed E-state index contributed by atoms with van der Waals surface area (Å²) in [6.45, 7) is 5.12. The summed E-state index contributed by atoms with van der Waals surface area (Å²) in [5.41, 5.74) is 2.92. The molecule has 0 bridgehead atoms. The van der Waals surface area contributed by atoms with Gasteiger partial charge >= 0.3 is 0 Å². The van der Waals surface area contributed by atoms with Crippen molar-refractivity contribution in [2.75, 3.05) is 16.4 Å². The van der Waals surface area contributed by atoms with Gasteiger partial charge in [0.05, 0.1) is 11.4 Å². The van der Waals surface area contributed by atoms with Crippen LogP contribution in [-0.4, -0.2) is 32.7 Å². The van der Waals surface area contributed by atoms with E-state index in [1.807, 2.05) is 19.9 Å². The van der Waals surface area contributed by atoms with Gasteiger partial charge in [-0.15, -0.1) is 10.2 Å². The number of nitrogens with one attached hydrogen (secondary N) is 3. The van der Waals surface area contributed by atoms with E-state index in [4.69, 9.17) is 11.6 Å². The van der Waals surface area contributed by atoms with Crippen molar-refractivity contribution in [3.05, 3.63) is 62.9 Å². The molecule has 0 radical (unpaired) electrons. The fourth-order valence-corrected chi connectivity index (χ4v) is 3.75. The number of aromatic nitrogens is 3. The lowest BCUT2D eigenvalue weighted by Gasteiger charge is -2.13. The van der Waals surface area contributed by atoms with Crippen molar-refractivity contribution in [1.29, 1.82) is 0 Å². The van der Waals surface area contributed by atoms with Crippen LogP contribution in [0, 0.1) is 13.8 Å². The maximum Gasteiger partial charge on any atom is 0.278 e. The van der Waals surface area contributed by atoms with Crippen molar-refractivity contribution >= 4 is 46.6 Å². The highest BCUT2D eigenvalue weighted by atomic mass is 35.5. The van der Waals surface area contributed by atoms with E-state index >= 15 is 0 Å². The SMILES string of the molecule is CC(=O)Nc1c(C)cc(C)cc1-c1nnc(SCC(=O)Nc2cccc(Cl)c2)[nH]c1=O. The molecule has 0 aliphatic carbocycles. The van der Waals surface area contributed by atoms with Gasteiger partial charge in [-0.25, -0.2) is 0 Å². The van der Waals surface area contributed by atoms with Gasteiger partial charge < -0.3 is 10.6 Å². The molecule has 2 amide bonds. The highest BCUT2D eigenvalue weighted by Crippen LogP contribution is 2.29. The maximum atomic E-state index is 12.7. The number of nitrogens with zero attached hydrogens (tertiary/aromatic N) is 2. The van der Waals surface area contributed by atoms with Crippen molar-refractivity contribution in [3.8, 4) is 11.3 Å². The quantitative estimate of drug-likeness (QED) is 0.485. The maximum absolute atomic E-state index is 12.7. The minimum atomic E-state index is -0.468. The topological polar surface area (TPSA) is 117 Å². The lowest BCUT2D eigenvalue weighted by molar-refractivity contribution is -0.114. The molecule has 0 aliphatic rings. The van der Waals surface area contributed by atoms with Crippen LogP contribution in [0.4, 0.5) is 11.4 Å². The Balaban J connectivity index is 1.77. The minimum Gasteiger partial charge on any atom is -0.325 e. The molecule has 0 fully saturated rings. The number of carbonyl (C=O) groups excluding carboxylic acids is 2. The smallest absolute Gasteiger partial charge is 0.278 e. The number of thioether (sulfide) groups is 1. The molecule has 3 aromatic rings. The number of aromatic amines is 1. The first-order valence-electron chi connectivity index (χ1n) is 9.27. The number of halogens is 1. The van der Waals surface area contributed by atoms with E-state index in [2.05, 4.69) is 25.8 Å². The monoisotopic (exact) mass is 457 g/mol. The highest BCUT2D eigenvalue weighted by Gasteiger charge is 2.16. The molecule has 2 aromatic carbocycles. The fraction of sp³-hybridized carbons (Fsp3) is 0.190. The fourth-order valence-electron chi connectivity index (χ4n) is 2.96. The second-order valence-corrected chi connectivity index (χ2v) is 8.24. The molecule has 0 aliphatic heterocycles. The summed E-state index contributed by atoms with van der Waals surface area (Å²) in [4.78, 5) is 39.0. The first kappa shape index (κ1) is 22.5. The van der Waals surface area contributed by atoms with Crippen LogP contribution in [0.25, 0.3) is 11.3 Å². The van der Waals surface area contributed by atoms with Gasteiger partial charge in [0.2, 0.25) is 11.8 Å². The number of amides is 2. The van der Waals surface area contributed by atoms with E-state index < -0.39 is 5.56 Å². The summed E-state index contributed by atoms with van der Waals surface area (Å²) < 4.78 is 0. The van der Waals surface area contributed by atoms with Crippen LogP contribution in [0.3, 0.4) is 0 Å². The molecule has 0 saturated carbocycles. The van der Waals surface area contributed by atoms with Crippen LogP contribution in [0.2, 0.25) is 5.02 Å². The van der Waals surface area contributed by atoms with Gasteiger partial charge in [0.25, 0.3) is 5.56 Å². The molecule has 0 unspecified atom stereocenters. The second kappa shape index (κ2) is 9.76. The molecule has 0 atom stereocenters. The lowest BCUT2D eigenvalue weighted by atomic mass is 10.0. The largest absolute Gasteiger partial charge is 0.325 e. The number of rotatable bonds is 6. The van der Waals surface area contributed by atoms with Crippen LogP contribution in [-0.2, 0) is 9.59 Å². The molecular weight excluding hydrogens is 438 g/mol. The van der Waals surface area contributed by atoms with Crippen LogP contribution in [0.15, 0.2) is 46.3 Å². The number of anilines is 2. The summed E-state index contributed by atoms with van der Waals surface area (Å²) in [7, 11) is 0. The lowest BCUT2D eigenvalue weighted by Crippen LogP contribution is -2.18. The minimum absolute atomic E-state index is 0.0250. The highest BCUT2D eigenvalue weighted by molar-refractivity contribution is 7.99. The molecule has 0 spiro atoms. The summed E-state index contributed by atoms with van der Waals surface area (Å²) in [5.74, 6) is -0.506. The van der Waals surface area contributed by atoms with Gasteiger partial charge in [0, 0.05) is 23.2 Å². The Morgan fingerprint density at radius 1 is 1.13 bits per heavy atom. The van der Waals surface area contributed by atoms with Crippen molar-refractivity contribution in [1.82, 2.24) is 15.2 Å². The van der Waals surface area contributed by atoms with E-state index in [9.17, 15) is 14.4 Å². The average Bonchev–Trinajstić information content (AvgIpc) is 2.68. The third-order valence-corrected chi connectivity index (χ3v) is 5.26. The van der Waals surface area contributed by atoms with Gasteiger partial charge in [-0.05, 0) is 43.7 Å². The van der Waals surface area contributed by atoms with Crippen molar-refractivity contribution in [2.45, 2.75) is 25.9 Å². The molecule has 31 heavy (non-hydrogen) atoms. The van der Waals surface area contributed by atoms with E-state index in [1.54, 1.807) is 30.3 Å². The summed E-state index contributed by atoms with van der Waals surface area (Å²) in [6, 6.07) is 10.5. The predicted octanol–water partition coefficient (Wildman–Crippen LogP) is 3.79. The van der Waals surface area contributed by atoms with Crippen LogP contribution < -0.4 is 16.2 Å². The third kappa shape index (κ3) is 5.93. The van der Waals surface area contributed by atoms with Crippen molar-refractivity contribution in [3.63, 3.8) is 0 Å². The number of carbonyl (C=O) groups is 2. The summed E-state index contributed by atoms with van der Waals surface area (Å²) >= 11 is 6.95. The van der Waals surface area contributed by atoms with Crippen LogP contribution in [0.5, 0.6) is 0 Å².